The minimum Gasteiger partial charge on any atom is -0.350 e. The van der Waals surface area contributed by atoms with E-state index < -0.39 is 0 Å². The Hall–Kier alpha value is -3.33. The lowest BCUT2D eigenvalue weighted by Gasteiger charge is -2.35. The summed E-state index contributed by atoms with van der Waals surface area (Å²) in [5, 5.41) is 2.70. The van der Waals surface area contributed by atoms with Gasteiger partial charge in [-0.05, 0) is 19.1 Å². The minimum atomic E-state index is -0.284. The molecule has 152 valence electrons. The number of aromatic nitrogens is 4. The summed E-state index contributed by atoms with van der Waals surface area (Å²) in [6.07, 6.45) is 5.29. The van der Waals surface area contributed by atoms with Crippen LogP contribution in [0.25, 0.3) is 16.9 Å². The van der Waals surface area contributed by atoms with Gasteiger partial charge in [0.05, 0.1) is 16.9 Å². The Bertz CT molecular complexity index is 1230. The number of benzene rings is 1. The van der Waals surface area contributed by atoms with Gasteiger partial charge in [0.15, 0.2) is 11.5 Å². The Morgan fingerprint density at radius 2 is 2.00 bits per heavy atom. The molecule has 30 heavy (non-hydrogen) atoms. The fraction of sp³-hybridized carbons (Fsp3) is 0.238. The van der Waals surface area contributed by atoms with Crippen LogP contribution in [-0.2, 0) is 0 Å². The van der Waals surface area contributed by atoms with Crippen LogP contribution >= 0.6 is 11.3 Å². The molecule has 1 aromatic carbocycles. The van der Waals surface area contributed by atoms with Gasteiger partial charge in [0, 0.05) is 49.5 Å². The van der Waals surface area contributed by atoms with E-state index in [1.165, 1.54) is 23.5 Å². The highest BCUT2D eigenvalue weighted by molar-refractivity contribution is 7.09. The van der Waals surface area contributed by atoms with E-state index in [0.29, 0.717) is 37.5 Å². The van der Waals surface area contributed by atoms with E-state index in [9.17, 15) is 9.18 Å². The van der Waals surface area contributed by atoms with Crippen molar-refractivity contribution in [1.82, 2.24) is 24.3 Å². The summed E-state index contributed by atoms with van der Waals surface area (Å²) in [5.41, 5.74) is 2.79. The average Bonchev–Trinajstić information content (AvgIpc) is 3.39. The van der Waals surface area contributed by atoms with Crippen LogP contribution in [0, 0.1) is 12.7 Å². The van der Waals surface area contributed by atoms with Crippen molar-refractivity contribution in [3.05, 3.63) is 64.8 Å². The largest absolute Gasteiger partial charge is 0.350 e. The Labute approximate surface area is 176 Å². The quantitative estimate of drug-likeness (QED) is 0.507. The number of hydrogen-bond acceptors (Lipinski definition) is 6. The highest BCUT2D eigenvalue weighted by Crippen LogP contribution is 2.26. The second-order valence-corrected chi connectivity index (χ2v) is 8.19. The van der Waals surface area contributed by atoms with Gasteiger partial charge in [-0.25, -0.2) is 19.3 Å². The molecular formula is C21H19FN6OS. The summed E-state index contributed by atoms with van der Waals surface area (Å²) in [6, 6.07) is 6.46. The molecule has 5 rings (SSSR count). The van der Waals surface area contributed by atoms with Gasteiger partial charge in [0.2, 0.25) is 0 Å². The van der Waals surface area contributed by atoms with Crippen molar-refractivity contribution < 1.29 is 9.18 Å². The average molecular weight is 422 g/mol. The first-order valence-corrected chi connectivity index (χ1v) is 10.5. The molecule has 1 aliphatic heterocycles. The molecule has 0 saturated carbocycles. The van der Waals surface area contributed by atoms with Crippen LogP contribution in [0.5, 0.6) is 0 Å². The van der Waals surface area contributed by atoms with Gasteiger partial charge < -0.3 is 9.80 Å². The molecule has 0 N–H and O–H groups in total. The van der Waals surface area contributed by atoms with Crippen LogP contribution in [-0.4, -0.2) is 56.3 Å². The topological polar surface area (TPSA) is 66.6 Å². The van der Waals surface area contributed by atoms with Gasteiger partial charge in [-0.1, -0.05) is 12.1 Å². The molecule has 0 spiro atoms. The molecule has 1 amide bonds. The van der Waals surface area contributed by atoms with Crippen LogP contribution in [0.2, 0.25) is 0 Å². The molecule has 4 heterocycles. The second-order valence-electron chi connectivity index (χ2n) is 7.13. The maximum atomic E-state index is 13.7. The normalized spacial score (nSPS) is 14.5. The van der Waals surface area contributed by atoms with Crippen molar-refractivity contribution >= 4 is 28.7 Å². The number of thiazole rings is 1. The maximum absolute atomic E-state index is 13.7. The minimum absolute atomic E-state index is 0.0284. The van der Waals surface area contributed by atoms with Crippen molar-refractivity contribution in [2.75, 3.05) is 31.1 Å². The first kappa shape index (κ1) is 18.7. The van der Waals surface area contributed by atoms with Crippen LogP contribution < -0.4 is 4.90 Å². The number of halogens is 1. The Morgan fingerprint density at radius 1 is 1.17 bits per heavy atom. The van der Waals surface area contributed by atoms with Gasteiger partial charge in [-0.2, -0.15) is 0 Å². The molecule has 1 aliphatic rings. The fourth-order valence-electron chi connectivity index (χ4n) is 3.73. The second kappa shape index (κ2) is 7.49. The highest BCUT2D eigenvalue weighted by Gasteiger charge is 2.26. The number of anilines is 1. The first-order valence-electron chi connectivity index (χ1n) is 9.64. The van der Waals surface area contributed by atoms with E-state index in [-0.39, 0.29) is 11.7 Å². The van der Waals surface area contributed by atoms with Gasteiger partial charge in [0.25, 0.3) is 5.91 Å². The Balaban J connectivity index is 1.38. The van der Waals surface area contributed by atoms with E-state index >= 15 is 0 Å². The van der Waals surface area contributed by atoms with E-state index in [1.54, 1.807) is 18.5 Å². The van der Waals surface area contributed by atoms with Gasteiger partial charge >= 0.3 is 0 Å². The number of amides is 1. The first-order chi connectivity index (χ1) is 14.6. The number of piperazine rings is 1. The molecule has 9 heteroatoms. The predicted molar refractivity (Wildman–Crippen MR) is 113 cm³/mol. The zero-order valence-electron chi connectivity index (χ0n) is 16.3. The molecule has 3 aromatic heterocycles. The molecule has 0 atom stereocenters. The number of fused-ring (bicyclic) bond motifs is 1. The molecule has 7 nitrogen and oxygen atoms in total. The number of carbonyl (C=O) groups is 1. The van der Waals surface area contributed by atoms with E-state index in [4.69, 9.17) is 0 Å². The van der Waals surface area contributed by atoms with E-state index in [1.807, 2.05) is 33.9 Å². The molecule has 0 aliphatic carbocycles. The third kappa shape index (κ3) is 3.30. The Morgan fingerprint density at radius 3 is 2.73 bits per heavy atom. The smallest absolute Gasteiger partial charge is 0.273 e. The number of hydrogen-bond donors (Lipinski definition) is 0. The van der Waals surface area contributed by atoms with Crippen LogP contribution in [0.3, 0.4) is 0 Å². The SMILES string of the molecule is Cc1nc(C(=O)N2CCN(c3nccn4c(-c5cccc(F)c5)cnc34)CC2)cs1. The number of rotatable bonds is 3. The number of aryl methyl sites for hydroxylation is 1. The van der Waals surface area contributed by atoms with Crippen molar-refractivity contribution in [2.45, 2.75) is 6.92 Å². The van der Waals surface area contributed by atoms with Crippen LogP contribution in [0.4, 0.5) is 10.2 Å². The van der Waals surface area contributed by atoms with Crippen LogP contribution in [0.1, 0.15) is 15.5 Å². The lowest BCUT2D eigenvalue weighted by Crippen LogP contribution is -2.49. The number of carbonyl (C=O) groups excluding carboxylic acids is 1. The predicted octanol–water partition coefficient (Wildman–Crippen LogP) is 3.26. The summed E-state index contributed by atoms with van der Waals surface area (Å²) in [5.74, 6) is 0.448. The summed E-state index contributed by atoms with van der Waals surface area (Å²) in [4.78, 5) is 30.0. The molecule has 4 aromatic rings. The molecule has 1 fully saturated rings. The van der Waals surface area contributed by atoms with Gasteiger partial charge in [-0.3, -0.25) is 9.20 Å². The van der Waals surface area contributed by atoms with Crippen LogP contribution in [0.15, 0.2) is 48.2 Å². The lowest BCUT2D eigenvalue weighted by molar-refractivity contribution is 0.0741. The zero-order valence-corrected chi connectivity index (χ0v) is 17.1. The number of nitrogens with zero attached hydrogens (tertiary/aromatic N) is 6. The standard InChI is InChI=1S/C21H19FN6OS/c1-14-25-17(13-30-14)21(29)27-9-7-26(8-10-27)19-20-24-12-18(28(20)6-5-23-19)15-3-2-4-16(22)11-15/h2-6,11-13H,7-10H2,1H3. The van der Waals surface area contributed by atoms with Crippen molar-refractivity contribution in [1.29, 1.82) is 0 Å². The summed E-state index contributed by atoms with van der Waals surface area (Å²) in [7, 11) is 0. The summed E-state index contributed by atoms with van der Waals surface area (Å²) >= 11 is 1.48. The molecule has 0 bridgehead atoms. The van der Waals surface area contributed by atoms with Gasteiger partial charge in [0.1, 0.15) is 11.5 Å². The summed E-state index contributed by atoms with van der Waals surface area (Å²) in [6.45, 7) is 4.40. The fourth-order valence-corrected chi connectivity index (χ4v) is 4.32. The number of imidazole rings is 1. The van der Waals surface area contributed by atoms with Crippen molar-refractivity contribution in [3.8, 4) is 11.3 Å². The third-order valence-electron chi connectivity index (χ3n) is 5.23. The molecular weight excluding hydrogens is 403 g/mol. The molecule has 0 unspecified atom stereocenters. The highest BCUT2D eigenvalue weighted by atomic mass is 32.1. The van der Waals surface area contributed by atoms with Crippen molar-refractivity contribution in [3.63, 3.8) is 0 Å². The molecule has 0 radical (unpaired) electrons. The third-order valence-corrected chi connectivity index (χ3v) is 6.01. The zero-order chi connectivity index (χ0) is 20.7. The van der Waals surface area contributed by atoms with E-state index in [0.717, 1.165) is 22.1 Å². The summed E-state index contributed by atoms with van der Waals surface area (Å²) < 4.78 is 15.6. The Kier molecular flexibility index (Phi) is 4.66. The van der Waals surface area contributed by atoms with Crippen molar-refractivity contribution in [2.24, 2.45) is 0 Å². The molecule has 1 saturated heterocycles. The van der Waals surface area contributed by atoms with Gasteiger partial charge in [-0.15, -0.1) is 11.3 Å². The lowest BCUT2D eigenvalue weighted by atomic mass is 10.1. The maximum Gasteiger partial charge on any atom is 0.273 e. The van der Waals surface area contributed by atoms with E-state index in [2.05, 4.69) is 19.9 Å². The monoisotopic (exact) mass is 422 g/mol.